The minimum atomic E-state index is -4.51. The first-order valence-electron chi connectivity index (χ1n) is 18.0. The fourth-order valence-electron chi connectivity index (χ4n) is 6.72. The number of nitrogens with zero attached hydrogens (tertiary/aromatic N) is 3. The molecule has 57 heavy (non-hydrogen) atoms. The van der Waals surface area contributed by atoms with Gasteiger partial charge < -0.3 is 38.2 Å². The molecule has 0 saturated heterocycles. The van der Waals surface area contributed by atoms with Crippen molar-refractivity contribution in [1.29, 1.82) is 0 Å². The fraction of sp³-hybridized carbons (Fsp3) is 0.182. The van der Waals surface area contributed by atoms with E-state index in [2.05, 4.69) is 26.8 Å². The molecule has 0 saturated carbocycles. The normalized spacial score (nSPS) is 12.4. The summed E-state index contributed by atoms with van der Waals surface area (Å²) in [5, 5.41) is -1.08. The van der Waals surface area contributed by atoms with E-state index in [-0.39, 0.29) is 42.5 Å². The van der Waals surface area contributed by atoms with Gasteiger partial charge in [-0.05, 0) is 135 Å². The molecule has 0 spiro atoms. The number of ether oxygens (including phenoxy) is 4. The zero-order valence-corrected chi connectivity index (χ0v) is 36.3. The molecule has 0 aromatic heterocycles. The van der Waals surface area contributed by atoms with Crippen LogP contribution in [0.15, 0.2) is 143 Å². The second kappa shape index (κ2) is 18.2. The van der Waals surface area contributed by atoms with Gasteiger partial charge in [0.05, 0.1) is 71.1 Å². The monoisotopic (exact) mass is 811 g/mol. The van der Waals surface area contributed by atoms with Crippen molar-refractivity contribution in [3.63, 3.8) is 0 Å². The van der Waals surface area contributed by atoms with Gasteiger partial charge in [-0.3, -0.25) is 0 Å². The molecular weight excluding hydrogens is 770 g/mol. The van der Waals surface area contributed by atoms with Crippen molar-refractivity contribution in [2.75, 3.05) is 49.7 Å². The summed E-state index contributed by atoms with van der Waals surface area (Å²) in [5.74, 6) is 2.93. The van der Waals surface area contributed by atoms with Gasteiger partial charge in [-0.1, -0.05) is 23.9 Å². The topological polar surface area (TPSA) is 104 Å². The molecule has 10 nitrogen and oxygen atoms in total. The summed E-state index contributed by atoms with van der Waals surface area (Å²) in [4.78, 5) is 8.40. The van der Waals surface area contributed by atoms with Crippen molar-refractivity contribution in [2.24, 2.45) is 0 Å². The standard InChI is InChI=1S/C44H43N3O7S2.Na/c1-30(56(48,49)50)28-29-45-39-8-6-10-41(46(31-12-20-35(51-2)21-13-31)32-14-22-36(52-3)23-15-32)43(39)55-44-40(45)9-7-11-42(44)47(33-16-24-37(53-4)25-17-33)34-18-26-38(54-5)27-19-34;/h6-27,30H,28-29H2,1-5H3,(H,48,49,50);/q;+1/p-1. The maximum Gasteiger partial charge on any atom is 1.00 e. The number of rotatable bonds is 14. The van der Waals surface area contributed by atoms with Gasteiger partial charge in [0.2, 0.25) is 0 Å². The maximum absolute atomic E-state index is 12.2. The van der Waals surface area contributed by atoms with E-state index in [0.717, 1.165) is 78.3 Å². The van der Waals surface area contributed by atoms with Crippen molar-refractivity contribution in [3.05, 3.63) is 133 Å². The van der Waals surface area contributed by atoms with E-state index in [1.165, 1.54) is 6.92 Å². The van der Waals surface area contributed by atoms with Gasteiger partial charge in [0.15, 0.2) is 0 Å². The Kier molecular flexibility index (Phi) is 13.3. The molecule has 0 bridgehead atoms. The molecule has 1 aliphatic heterocycles. The summed E-state index contributed by atoms with van der Waals surface area (Å²) in [5.41, 5.74) is 7.19. The molecule has 6 aromatic rings. The first-order chi connectivity index (χ1) is 27.1. The quantitative estimate of drug-likeness (QED) is 0.0803. The number of hydrogen-bond donors (Lipinski definition) is 0. The SMILES string of the molecule is COc1ccc(N(c2ccc(OC)cc2)c2cccc3c2Sc2c(cccc2N(c2ccc(OC)cc2)c2ccc(OC)cc2)N3CCC(C)S(=O)(=O)[O-])cc1.[Na+]. The largest absolute Gasteiger partial charge is 1.00 e. The Morgan fingerprint density at radius 3 is 1.16 bits per heavy atom. The Bertz CT molecular complexity index is 2160. The summed E-state index contributed by atoms with van der Waals surface area (Å²) in [6, 6.07) is 43.9. The van der Waals surface area contributed by atoms with Gasteiger partial charge in [0.1, 0.15) is 23.0 Å². The van der Waals surface area contributed by atoms with Crippen LogP contribution in [-0.4, -0.2) is 53.2 Å². The average molecular weight is 812 g/mol. The molecule has 1 unspecified atom stereocenters. The molecule has 1 aliphatic rings. The van der Waals surface area contributed by atoms with E-state index >= 15 is 0 Å². The second-order valence-corrected chi connectivity index (χ2v) is 15.9. The number of methoxy groups -OCH3 is 4. The fourth-order valence-corrected chi connectivity index (χ4v) is 8.41. The van der Waals surface area contributed by atoms with Gasteiger partial charge in [-0.2, -0.15) is 0 Å². The summed E-state index contributed by atoms with van der Waals surface area (Å²) >= 11 is 1.64. The molecule has 6 aromatic carbocycles. The van der Waals surface area contributed by atoms with E-state index < -0.39 is 15.4 Å². The van der Waals surface area contributed by atoms with Gasteiger partial charge in [-0.25, -0.2) is 8.42 Å². The zero-order valence-electron chi connectivity index (χ0n) is 32.7. The summed E-state index contributed by atoms with van der Waals surface area (Å²) < 4.78 is 58.5. The minimum Gasteiger partial charge on any atom is -0.748 e. The van der Waals surface area contributed by atoms with E-state index in [0.29, 0.717) is 0 Å². The average Bonchev–Trinajstić information content (AvgIpc) is 3.23. The van der Waals surface area contributed by atoms with E-state index in [4.69, 9.17) is 18.9 Å². The molecule has 7 rings (SSSR count). The van der Waals surface area contributed by atoms with E-state index in [1.807, 2.05) is 121 Å². The Balaban J connectivity index is 0.00000549. The van der Waals surface area contributed by atoms with E-state index in [9.17, 15) is 13.0 Å². The van der Waals surface area contributed by atoms with Crippen molar-refractivity contribution < 1.29 is 61.5 Å². The van der Waals surface area contributed by atoms with Crippen molar-refractivity contribution in [1.82, 2.24) is 0 Å². The molecule has 0 fully saturated rings. The van der Waals surface area contributed by atoms with Gasteiger partial charge in [0.25, 0.3) is 0 Å². The molecule has 0 aliphatic carbocycles. The third kappa shape index (κ3) is 8.86. The van der Waals surface area contributed by atoms with Gasteiger partial charge in [-0.15, -0.1) is 0 Å². The van der Waals surface area contributed by atoms with Gasteiger partial charge in [0, 0.05) is 34.5 Å². The molecule has 0 radical (unpaired) electrons. The summed E-state index contributed by atoms with van der Waals surface area (Å²) in [7, 11) is 2.06. The number of hydrogen-bond acceptors (Lipinski definition) is 11. The van der Waals surface area contributed by atoms with E-state index in [1.54, 1.807) is 40.2 Å². The molecular formula is C44H42N3NaO7S2. The predicted molar refractivity (Wildman–Crippen MR) is 223 cm³/mol. The Morgan fingerprint density at radius 2 is 0.877 bits per heavy atom. The van der Waals surface area contributed by atoms with Crippen molar-refractivity contribution in [3.8, 4) is 23.0 Å². The van der Waals surface area contributed by atoms with Crippen molar-refractivity contribution in [2.45, 2.75) is 28.4 Å². The number of anilines is 8. The maximum atomic E-state index is 12.2. The molecule has 288 valence electrons. The van der Waals surface area contributed by atoms with Crippen LogP contribution in [0.1, 0.15) is 13.3 Å². The molecule has 0 N–H and O–H groups in total. The zero-order chi connectivity index (χ0) is 39.4. The van der Waals surface area contributed by atoms with Crippen LogP contribution in [0, 0.1) is 0 Å². The molecule has 0 amide bonds. The Labute approximate surface area is 361 Å². The minimum absolute atomic E-state index is 0. The van der Waals surface area contributed by atoms with Crippen LogP contribution in [0.5, 0.6) is 23.0 Å². The third-order valence-corrected chi connectivity index (χ3v) is 12.3. The third-order valence-electron chi connectivity index (χ3n) is 9.79. The van der Waals surface area contributed by atoms with Crippen LogP contribution in [-0.2, 0) is 10.1 Å². The Hall–Kier alpha value is -4.82. The van der Waals surface area contributed by atoms with Crippen LogP contribution in [0.3, 0.4) is 0 Å². The van der Waals surface area contributed by atoms with Gasteiger partial charge >= 0.3 is 29.6 Å². The Morgan fingerprint density at radius 1 is 0.561 bits per heavy atom. The predicted octanol–water partition coefficient (Wildman–Crippen LogP) is 7.59. The number of fused-ring (bicyclic) bond motifs is 2. The van der Waals surface area contributed by atoms with Crippen LogP contribution in [0.25, 0.3) is 0 Å². The smallest absolute Gasteiger partial charge is 0.748 e. The van der Waals surface area contributed by atoms with Crippen LogP contribution < -0.4 is 63.2 Å². The van der Waals surface area contributed by atoms with Crippen LogP contribution in [0.2, 0.25) is 0 Å². The molecule has 1 atom stereocenters. The second-order valence-electron chi connectivity index (χ2n) is 13.1. The van der Waals surface area contributed by atoms with Crippen LogP contribution >= 0.6 is 11.8 Å². The number of benzene rings is 6. The molecule has 1 heterocycles. The van der Waals surface area contributed by atoms with Crippen LogP contribution in [0.4, 0.5) is 45.5 Å². The van der Waals surface area contributed by atoms with Crippen molar-refractivity contribution >= 4 is 67.4 Å². The molecule has 13 heteroatoms. The first kappa shape index (κ1) is 41.8. The summed E-state index contributed by atoms with van der Waals surface area (Å²) in [6.45, 7) is 1.76. The first-order valence-corrected chi connectivity index (χ1v) is 20.2. The summed E-state index contributed by atoms with van der Waals surface area (Å²) in [6.07, 6.45) is 0.130.